The Balaban J connectivity index is 1.61. The third-order valence-electron chi connectivity index (χ3n) is 4.47. The molecule has 0 unspecified atom stereocenters. The Bertz CT molecular complexity index is 375. The summed E-state index contributed by atoms with van der Waals surface area (Å²) in [6.07, 6.45) is 9.98. The van der Waals surface area contributed by atoms with Crippen LogP contribution in [0.3, 0.4) is 0 Å². The molecule has 2 aliphatic rings. The van der Waals surface area contributed by atoms with E-state index in [1.807, 2.05) is 0 Å². The molecule has 5 nitrogen and oxygen atoms in total. The minimum Gasteiger partial charge on any atom is -0.379 e. The summed E-state index contributed by atoms with van der Waals surface area (Å²) in [6.45, 7) is 9.92. The van der Waals surface area contributed by atoms with Crippen LogP contribution in [0, 0.1) is 0 Å². The number of morpholine rings is 1. The van der Waals surface area contributed by atoms with Crippen LogP contribution in [-0.4, -0.2) is 63.3 Å². The molecule has 1 aliphatic carbocycles. The molecule has 23 heavy (non-hydrogen) atoms. The topological polar surface area (TPSA) is 48.9 Å². The molecule has 1 heterocycles. The minimum atomic E-state index is 0.878. The maximum Gasteiger partial charge on any atom is 0.191 e. The predicted octanol–water partition coefficient (Wildman–Crippen LogP) is 2.15. The number of allylic oxidation sites excluding steroid dienone is 1. The van der Waals surface area contributed by atoms with Crippen LogP contribution in [0.5, 0.6) is 0 Å². The maximum absolute atomic E-state index is 5.38. The van der Waals surface area contributed by atoms with Gasteiger partial charge in [-0.3, -0.25) is 9.89 Å². The van der Waals surface area contributed by atoms with Crippen molar-refractivity contribution < 1.29 is 4.74 Å². The van der Waals surface area contributed by atoms with Crippen LogP contribution in [0.4, 0.5) is 0 Å². The van der Waals surface area contributed by atoms with Gasteiger partial charge in [0.1, 0.15) is 0 Å². The fourth-order valence-corrected chi connectivity index (χ4v) is 3.12. The molecule has 0 aromatic carbocycles. The second kappa shape index (κ2) is 11.5. The van der Waals surface area contributed by atoms with Crippen molar-refractivity contribution in [2.45, 2.75) is 45.4 Å². The molecule has 0 spiro atoms. The zero-order chi connectivity index (χ0) is 16.2. The molecule has 132 valence electrons. The number of hydrogen-bond acceptors (Lipinski definition) is 3. The van der Waals surface area contributed by atoms with Crippen LogP contribution in [0.1, 0.15) is 45.4 Å². The normalized spacial score (nSPS) is 20.2. The summed E-state index contributed by atoms with van der Waals surface area (Å²) in [5, 5.41) is 6.82. The standard InChI is InChI=1S/C18H34N4O/c1-2-19-18(21-11-9-17-7-4-3-5-8-17)20-10-6-12-22-13-15-23-16-14-22/h7H,2-6,8-16H2,1H3,(H2,19,20,21). The average molecular weight is 322 g/mol. The highest BCUT2D eigenvalue weighted by Gasteiger charge is 2.09. The summed E-state index contributed by atoms with van der Waals surface area (Å²) < 4.78 is 5.38. The van der Waals surface area contributed by atoms with Crippen molar-refractivity contribution in [3.8, 4) is 0 Å². The van der Waals surface area contributed by atoms with Crippen molar-refractivity contribution in [1.82, 2.24) is 15.5 Å². The summed E-state index contributed by atoms with van der Waals surface area (Å²) >= 11 is 0. The molecule has 0 bridgehead atoms. The first-order valence-corrected chi connectivity index (χ1v) is 9.38. The number of ether oxygens (including phenoxy) is 1. The summed E-state index contributed by atoms with van der Waals surface area (Å²) in [5.74, 6) is 0.964. The van der Waals surface area contributed by atoms with Crippen molar-refractivity contribution in [3.05, 3.63) is 11.6 Å². The predicted molar refractivity (Wildman–Crippen MR) is 97.0 cm³/mol. The van der Waals surface area contributed by atoms with Gasteiger partial charge in [0.05, 0.1) is 13.2 Å². The van der Waals surface area contributed by atoms with Gasteiger partial charge in [-0.15, -0.1) is 0 Å². The first-order valence-electron chi connectivity index (χ1n) is 9.38. The van der Waals surface area contributed by atoms with Gasteiger partial charge in [-0.25, -0.2) is 0 Å². The number of nitrogens with zero attached hydrogens (tertiary/aromatic N) is 2. The third-order valence-corrected chi connectivity index (χ3v) is 4.47. The number of hydrogen-bond donors (Lipinski definition) is 2. The Labute approximate surface area is 141 Å². The van der Waals surface area contributed by atoms with Crippen molar-refractivity contribution in [2.75, 3.05) is 52.5 Å². The Kier molecular flexibility index (Phi) is 9.11. The monoisotopic (exact) mass is 322 g/mol. The highest BCUT2D eigenvalue weighted by atomic mass is 16.5. The molecular weight excluding hydrogens is 288 g/mol. The summed E-state index contributed by atoms with van der Waals surface area (Å²) in [4.78, 5) is 7.16. The largest absolute Gasteiger partial charge is 0.379 e. The van der Waals surface area contributed by atoms with E-state index in [2.05, 4.69) is 28.5 Å². The highest BCUT2D eigenvalue weighted by Crippen LogP contribution is 2.19. The summed E-state index contributed by atoms with van der Waals surface area (Å²) in [5.41, 5.74) is 1.62. The van der Waals surface area contributed by atoms with Gasteiger partial charge >= 0.3 is 0 Å². The van der Waals surface area contributed by atoms with Crippen molar-refractivity contribution in [3.63, 3.8) is 0 Å². The zero-order valence-corrected chi connectivity index (χ0v) is 14.8. The Morgan fingerprint density at radius 3 is 2.87 bits per heavy atom. The molecule has 0 radical (unpaired) electrons. The molecule has 0 saturated carbocycles. The van der Waals surface area contributed by atoms with Gasteiger partial charge in [0.15, 0.2) is 5.96 Å². The van der Waals surface area contributed by atoms with Gasteiger partial charge in [-0.05, 0) is 45.4 Å². The Morgan fingerprint density at radius 2 is 2.13 bits per heavy atom. The fourth-order valence-electron chi connectivity index (χ4n) is 3.12. The molecule has 5 heteroatoms. The van der Waals surface area contributed by atoms with Crippen LogP contribution in [0.2, 0.25) is 0 Å². The van der Waals surface area contributed by atoms with Crippen molar-refractivity contribution in [2.24, 2.45) is 4.99 Å². The summed E-state index contributed by atoms with van der Waals surface area (Å²) in [7, 11) is 0. The SMILES string of the molecule is CCNC(=NCCCN1CCOCC1)NCCC1=CCCCC1. The lowest BCUT2D eigenvalue weighted by molar-refractivity contribution is 0.0377. The highest BCUT2D eigenvalue weighted by molar-refractivity contribution is 5.79. The van der Waals surface area contributed by atoms with E-state index in [9.17, 15) is 0 Å². The van der Waals surface area contributed by atoms with Crippen LogP contribution >= 0.6 is 0 Å². The Morgan fingerprint density at radius 1 is 1.26 bits per heavy atom. The molecule has 1 fully saturated rings. The molecule has 1 saturated heterocycles. The summed E-state index contributed by atoms with van der Waals surface area (Å²) in [6, 6.07) is 0. The van der Waals surface area contributed by atoms with Gasteiger partial charge in [0, 0.05) is 39.3 Å². The van der Waals surface area contributed by atoms with Gasteiger partial charge in [-0.1, -0.05) is 11.6 Å². The van der Waals surface area contributed by atoms with E-state index >= 15 is 0 Å². The first kappa shape index (κ1) is 18.3. The van der Waals surface area contributed by atoms with E-state index in [1.165, 1.54) is 25.7 Å². The van der Waals surface area contributed by atoms with Gasteiger partial charge in [0.25, 0.3) is 0 Å². The zero-order valence-electron chi connectivity index (χ0n) is 14.8. The lowest BCUT2D eigenvalue weighted by atomic mass is 9.97. The van der Waals surface area contributed by atoms with E-state index in [-0.39, 0.29) is 0 Å². The molecule has 0 aromatic rings. The molecule has 0 aromatic heterocycles. The van der Waals surface area contributed by atoms with E-state index < -0.39 is 0 Å². The molecule has 2 N–H and O–H groups in total. The van der Waals surface area contributed by atoms with E-state index in [0.717, 1.165) is 71.3 Å². The van der Waals surface area contributed by atoms with E-state index in [0.29, 0.717) is 0 Å². The number of nitrogens with one attached hydrogen (secondary N) is 2. The first-order chi connectivity index (χ1) is 11.4. The number of rotatable bonds is 8. The van der Waals surface area contributed by atoms with Crippen LogP contribution in [-0.2, 0) is 4.74 Å². The second-order valence-corrected chi connectivity index (χ2v) is 6.35. The lowest BCUT2D eigenvalue weighted by Gasteiger charge is -2.26. The van der Waals surface area contributed by atoms with Crippen molar-refractivity contribution in [1.29, 1.82) is 0 Å². The molecule has 2 rings (SSSR count). The maximum atomic E-state index is 5.38. The Hall–Kier alpha value is -1.07. The number of guanidine groups is 1. The quantitative estimate of drug-likeness (QED) is 0.311. The smallest absolute Gasteiger partial charge is 0.191 e. The lowest BCUT2D eigenvalue weighted by Crippen LogP contribution is -2.38. The van der Waals surface area contributed by atoms with Crippen LogP contribution in [0.15, 0.2) is 16.6 Å². The van der Waals surface area contributed by atoms with Crippen LogP contribution < -0.4 is 10.6 Å². The van der Waals surface area contributed by atoms with Crippen molar-refractivity contribution >= 4 is 5.96 Å². The number of aliphatic imine (C=N–C) groups is 1. The minimum absolute atomic E-state index is 0.878. The average Bonchev–Trinajstić information content (AvgIpc) is 2.60. The molecular formula is C18H34N4O. The van der Waals surface area contributed by atoms with Gasteiger partial charge in [-0.2, -0.15) is 0 Å². The molecule has 0 amide bonds. The third kappa shape index (κ3) is 7.84. The second-order valence-electron chi connectivity index (χ2n) is 6.35. The van der Waals surface area contributed by atoms with Gasteiger partial charge in [0.2, 0.25) is 0 Å². The van der Waals surface area contributed by atoms with E-state index in [4.69, 9.17) is 9.73 Å². The van der Waals surface area contributed by atoms with Crippen LogP contribution in [0.25, 0.3) is 0 Å². The molecule has 0 atom stereocenters. The van der Waals surface area contributed by atoms with Gasteiger partial charge < -0.3 is 15.4 Å². The fraction of sp³-hybridized carbons (Fsp3) is 0.833. The van der Waals surface area contributed by atoms with E-state index in [1.54, 1.807) is 5.57 Å². The molecule has 1 aliphatic heterocycles.